The monoisotopic (exact) mass is 268 g/mol. The Morgan fingerprint density at radius 2 is 1.84 bits per heavy atom. The van der Waals surface area contributed by atoms with Crippen molar-refractivity contribution in [1.82, 2.24) is 10.6 Å². The van der Waals surface area contributed by atoms with Gasteiger partial charge in [0.1, 0.15) is 0 Å². The summed E-state index contributed by atoms with van der Waals surface area (Å²) in [6.07, 6.45) is 6.32. The smallest absolute Gasteiger partial charge is 0.234 e. The Hall–Kier alpha value is -0.570. The molecule has 0 aromatic carbocycles. The van der Waals surface area contributed by atoms with Crippen LogP contribution < -0.4 is 10.6 Å². The highest BCUT2D eigenvalue weighted by atomic mass is 16.1. The first-order chi connectivity index (χ1) is 8.79. The Morgan fingerprint density at radius 3 is 2.42 bits per heavy atom. The zero-order valence-electron chi connectivity index (χ0n) is 13.4. The van der Waals surface area contributed by atoms with Crippen molar-refractivity contribution < 1.29 is 4.79 Å². The van der Waals surface area contributed by atoms with Gasteiger partial charge in [-0.2, -0.15) is 0 Å². The fourth-order valence-corrected chi connectivity index (χ4v) is 2.98. The molecule has 3 nitrogen and oxygen atoms in total. The van der Waals surface area contributed by atoms with Gasteiger partial charge in [-0.15, -0.1) is 0 Å². The summed E-state index contributed by atoms with van der Waals surface area (Å²) < 4.78 is 0. The fraction of sp³-hybridized carbons (Fsp3) is 0.938. The molecule has 2 unspecified atom stereocenters. The standard InChI is InChI=1S/C16H32N2O/c1-12(2)18-15(19)11-17-14-8-6-7-13(9-10-14)16(3,4)5/h12-14,17H,6-11H2,1-5H3,(H,18,19). The Bertz CT molecular complexity index is 281. The second kappa shape index (κ2) is 7.28. The van der Waals surface area contributed by atoms with Gasteiger partial charge in [-0.25, -0.2) is 0 Å². The minimum Gasteiger partial charge on any atom is -0.353 e. The number of nitrogens with one attached hydrogen (secondary N) is 2. The van der Waals surface area contributed by atoms with Crippen molar-refractivity contribution >= 4 is 5.91 Å². The third-order valence-electron chi connectivity index (χ3n) is 4.19. The van der Waals surface area contributed by atoms with Crippen LogP contribution in [0.1, 0.15) is 66.7 Å². The summed E-state index contributed by atoms with van der Waals surface area (Å²) in [5.74, 6) is 0.940. The highest BCUT2D eigenvalue weighted by Gasteiger charge is 2.27. The molecule has 1 aliphatic carbocycles. The van der Waals surface area contributed by atoms with Crippen molar-refractivity contribution in [3.05, 3.63) is 0 Å². The van der Waals surface area contributed by atoms with Crippen LogP contribution in [0.2, 0.25) is 0 Å². The fourth-order valence-electron chi connectivity index (χ4n) is 2.98. The molecule has 1 rings (SSSR count). The molecule has 0 radical (unpaired) electrons. The van der Waals surface area contributed by atoms with Crippen molar-refractivity contribution in [2.45, 2.75) is 78.8 Å². The van der Waals surface area contributed by atoms with Crippen LogP contribution in [0.3, 0.4) is 0 Å². The predicted octanol–water partition coefficient (Wildman–Crippen LogP) is 3.10. The molecule has 0 saturated heterocycles. The summed E-state index contributed by atoms with van der Waals surface area (Å²) in [6.45, 7) is 11.5. The van der Waals surface area contributed by atoms with Gasteiger partial charge in [0, 0.05) is 12.1 Å². The van der Waals surface area contributed by atoms with E-state index in [4.69, 9.17) is 0 Å². The molecule has 19 heavy (non-hydrogen) atoms. The van der Waals surface area contributed by atoms with E-state index in [1.54, 1.807) is 0 Å². The maximum Gasteiger partial charge on any atom is 0.234 e. The van der Waals surface area contributed by atoms with Crippen LogP contribution in [0.15, 0.2) is 0 Å². The Balaban J connectivity index is 2.31. The quantitative estimate of drug-likeness (QED) is 0.769. The van der Waals surface area contributed by atoms with E-state index in [1.807, 2.05) is 13.8 Å². The molecular formula is C16H32N2O. The summed E-state index contributed by atoms with van der Waals surface area (Å²) >= 11 is 0. The van der Waals surface area contributed by atoms with E-state index in [-0.39, 0.29) is 11.9 Å². The molecular weight excluding hydrogens is 236 g/mol. The second-order valence-corrected chi connectivity index (χ2v) is 7.37. The van der Waals surface area contributed by atoms with Crippen LogP contribution in [0.4, 0.5) is 0 Å². The molecule has 0 spiro atoms. The first-order valence-corrected chi connectivity index (χ1v) is 7.81. The molecule has 0 aromatic heterocycles. The molecule has 112 valence electrons. The van der Waals surface area contributed by atoms with Gasteiger partial charge in [0.15, 0.2) is 0 Å². The number of carbonyl (C=O) groups excluding carboxylic acids is 1. The van der Waals surface area contributed by atoms with Gasteiger partial charge in [0.25, 0.3) is 0 Å². The maximum atomic E-state index is 11.6. The van der Waals surface area contributed by atoms with E-state index >= 15 is 0 Å². The molecule has 2 atom stereocenters. The summed E-state index contributed by atoms with van der Waals surface area (Å²) in [5.41, 5.74) is 0.421. The molecule has 1 saturated carbocycles. The van der Waals surface area contributed by atoms with Gasteiger partial charge in [-0.3, -0.25) is 4.79 Å². The third kappa shape index (κ3) is 6.42. The normalized spacial score (nSPS) is 25.2. The lowest BCUT2D eigenvalue weighted by molar-refractivity contribution is -0.120. The Morgan fingerprint density at radius 1 is 1.16 bits per heavy atom. The van der Waals surface area contributed by atoms with Crippen LogP contribution in [0, 0.1) is 11.3 Å². The number of rotatable bonds is 4. The molecule has 1 fully saturated rings. The molecule has 0 aromatic rings. The minimum atomic E-state index is 0.117. The maximum absolute atomic E-state index is 11.6. The predicted molar refractivity (Wildman–Crippen MR) is 81.1 cm³/mol. The zero-order valence-corrected chi connectivity index (χ0v) is 13.4. The average molecular weight is 268 g/mol. The third-order valence-corrected chi connectivity index (χ3v) is 4.19. The van der Waals surface area contributed by atoms with E-state index in [0.29, 0.717) is 18.0 Å². The highest BCUT2D eigenvalue weighted by molar-refractivity contribution is 5.78. The van der Waals surface area contributed by atoms with E-state index in [9.17, 15) is 4.79 Å². The van der Waals surface area contributed by atoms with E-state index < -0.39 is 0 Å². The van der Waals surface area contributed by atoms with E-state index in [0.717, 1.165) is 5.92 Å². The van der Waals surface area contributed by atoms with Gasteiger partial charge < -0.3 is 10.6 Å². The highest BCUT2D eigenvalue weighted by Crippen LogP contribution is 2.36. The molecule has 1 amide bonds. The second-order valence-electron chi connectivity index (χ2n) is 7.37. The average Bonchev–Trinajstić information content (AvgIpc) is 2.49. The SMILES string of the molecule is CC(C)NC(=O)CNC1CCCC(C(C)(C)C)CC1. The summed E-state index contributed by atoms with van der Waals surface area (Å²) in [5, 5.41) is 6.36. The zero-order chi connectivity index (χ0) is 14.5. The van der Waals surface area contributed by atoms with Crippen LogP contribution in [-0.2, 0) is 4.79 Å². The molecule has 0 bridgehead atoms. The molecule has 2 N–H and O–H groups in total. The van der Waals surface area contributed by atoms with Crippen molar-refractivity contribution in [2.75, 3.05) is 6.54 Å². The van der Waals surface area contributed by atoms with Crippen LogP contribution in [0.25, 0.3) is 0 Å². The van der Waals surface area contributed by atoms with Crippen LogP contribution >= 0.6 is 0 Å². The van der Waals surface area contributed by atoms with Crippen molar-refractivity contribution in [1.29, 1.82) is 0 Å². The van der Waals surface area contributed by atoms with Gasteiger partial charge in [0.2, 0.25) is 5.91 Å². The van der Waals surface area contributed by atoms with Crippen molar-refractivity contribution in [2.24, 2.45) is 11.3 Å². The summed E-state index contributed by atoms with van der Waals surface area (Å²) in [4.78, 5) is 11.6. The van der Waals surface area contributed by atoms with E-state index in [2.05, 4.69) is 31.4 Å². The van der Waals surface area contributed by atoms with Gasteiger partial charge in [-0.05, 0) is 50.9 Å². The summed E-state index contributed by atoms with van der Waals surface area (Å²) in [7, 11) is 0. The molecule has 3 heteroatoms. The first kappa shape index (κ1) is 16.5. The van der Waals surface area contributed by atoms with Crippen molar-refractivity contribution in [3.63, 3.8) is 0 Å². The first-order valence-electron chi connectivity index (χ1n) is 7.81. The minimum absolute atomic E-state index is 0.117. The number of hydrogen-bond acceptors (Lipinski definition) is 2. The Kier molecular flexibility index (Phi) is 6.31. The van der Waals surface area contributed by atoms with Crippen LogP contribution in [0.5, 0.6) is 0 Å². The topological polar surface area (TPSA) is 41.1 Å². The van der Waals surface area contributed by atoms with Gasteiger partial charge >= 0.3 is 0 Å². The Labute approximate surface area is 118 Å². The van der Waals surface area contributed by atoms with Crippen LogP contribution in [-0.4, -0.2) is 24.5 Å². The van der Waals surface area contributed by atoms with Gasteiger partial charge in [-0.1, -0.05) is 27.2 Å². The number of hydrogen-bond donors (Lipinski definition) is 2. The molecule has 1 aliphatic rings. The lowest BCUT2D eigenvalue weighted by atomic mass is 9.76. The summed E-state index contributed by atoms with van der Waals surface area (Å²) in [6, 6.07) is 0.749. The number of carbonyl (C=O) groups is 1. The van der Waals surface area contributed by atoms with Crippen molar-refractivity contribution in [3.8, 4) is 0 Å². The number of amides is 1. The molecule has 0 aliphatic heterocycles. The van der Waals surface area contributed by atoms with E-state index in [1.165, 1.54) is 32.1 Å². The molecule has 0 heterocycles. The lowest BCUT2D eigenvalue weighted by Gasteiger charge is -2.29. The van der Waals surface area contributed by atoms with Gasteiger partial charge in [0.05, 0.1) is 6.54 Å². The lowest BCUT2D eigenvalue weighted by Crippen LogP contribution is -2.41. The largest absolute Gasteiger partial charge is 0.353 e.